The molecule has 0 radical (unpaired) electrons. The van der Waals surface area contributed by atoms with Gasteiger partial charge in [0.25, 0.3) is 0 Å². The standard InChI is InChI=1S/C15H17N5OS/c1-2-19-10-16-18-14(19)12-9-20(7-8-21-12)15-17-11-5-3-4-6-13(11)22-15/h3-6,10,12H,2,7-9H2,1H3/t12-/m1/s1. The maximum Gasteiger partial charge on any atom is 0.186 e. The summed E-state index contributed by atoms with van der Waals surface area (Å²) in [6.07, 6.45) is 1.71. The molecule has 1 fully saturated rings. The van der Waals surface area contributed by atoms with Gasteiger partial charge in [-0.15, -0.1) is 10.2 Å². The number of hydrogen-bond acceptors (Lipinski definition) is 6. The molecule has 7 heteroatoms. The van der Waals surface area contributed by atoms with Crippen LogP contribution in [0, 0.1) is 0 Å². The Kier molecular flexibility index (Phi) is 3.51. The van der Waals surface area contributed by atoms with Gasteiger partial charge in [0.1, 0.15) is 12.4 Å². The molecule has 114 valence electrons. The van der Waals surface area contributed by atoms with E-state index in [2.05, 4.69) is 40.2 Å². The first-order chi connectivity index (χ1) is 10.8. The summed E-state index contributed by atoms with van der Waals surface area (Å²) in [5, 5.41) is 9.28. The van der Waals surface area contributed by atoms with E-state index in [-0.39, 0.29) is 6.10 Å². The van der Waals surface area contributed by atoms with E-state index in [1.165, 1.54) is 4.70 Å². The Morgan fingerprint density at radius 2 is 2.27 bits per heavy atom. The fourth-order valence-electron chi connectivity index (χ4n) is 2.73. The predicted molar refractivity (Wildman–Crippen MR) is 86.2 cm³/mol. The molecule has 1 aliphatic rings. The second-order valence-electron chi connectivity index (χ2n) is 5.24. The number of fused-ring (bicyclic) bond motifs is 1. The summed E-state index contributed by atoms with van der Waals surface area (Å²) in [6.45, 7) is 5.23. The second-order valence-corrected chi connectivity index (χ2v) is 6.25. The van der Waals surface area contributed by atoms with Crippen LogP contribution in [0.5, 0.6) is 0 Å². The summed E-state index contributed by atoms with van der Waals surface area (Å²) in [5.41, 5.74) is 1.06. The van der Waals surface area contributed by atoms with Gasteiger partial charge in [0.2, 0.25) is 0 Å². The number of aryl methyl sites for hydroxylation is 1. The average Bonchev–Trinajstić information content (AvgIpc) is 3.21. The van der Waals surface area contributed by atoms with Crippen molar-refractivity contribution >= 4 is 26.7 Å². The number of benzene rings is 1. The minimum absolute atomic E-state index is 0.0526. The Bertz CT molecular complexity index is 750. The van der Waals surface area contributed by atoms with E-state index < -0.39 is 0 Å². The van der Waals surface area contributed by atoms with Crippen molar-refractivity contribution in [3.8, 4) is 0 Å². The molecule has 0 spiro atoms. The zero-order valence-corrected chi connectivity index (χ0v) is 13.2. The van der Waals surface area contributed by atoms with Gasteiger partial charge in [0, 0.05) is 13.1 Å². The lowest BCUT2D eigenvalue weighted by Gasteiger charge is -2.32. The number of rotatable bonds is 3. The molecule has 2 aromatic heterocycles. The lowest BCUT2D eigenvalue weighted by molar-refractivity contribution is 0.0316. The number of para-hydroxylation sites is 1. The van der Waals surface area contributed by atoms with E-state index in [1.807, 2.05) is 10.6 Å². The largest absolute Gasteiger partial charge is 0.366 e. The highest BCUT2D eigenvalue weighted by Gasteiger charge is 2.27. The van der Waals surface area contributed by atoms with Crippen molar-refractivity contribution in [1.29, 1.82) is 0 Å². The van der Waals surface area contributed by atoms with Crippen LogP contribution >= 0.6 is 11.3 Å². The summed E-state index contributed by atoms with van der Waals surface area (Å²) in [4.78, 5) is 7.03. The molecule has 3 aromatic rings. The topological polar surface area (TPSA) is 56.1 Å². The zero-order valence-electron chi connectivity index (χ0n) is 12.3. The van der Waals surface area contributed by atoms with Gasteiger partial charge in [-0.25, -0.2) is 4.98 Å². The normalized spacial score (nSPS) is 19.0. The minimum atomic E-state index is -0.0526. The highest BCUT2D eigenvalue weighted by Crippen LogP contribution is 2.31. The molecule has 6 nitrogen and oxygen atoms in total. The number of aromatic nitrogens is 4. The summed E-state index contributed by atoms with van der Waals surface area (Å²) >= 11 is 1.73. The molecular weight excluding hydrogens is 298 g/mol. The third kappa shape index (κ3) is 2.36. The number of nitrogens with zero attached hydrogens (tertiary/aromatic N) is 5. The molecular formula is C15H17N5OS. The van der Waals surface area contributed by atoms with Gasteiger partial charge in [-0.2, -0.15) is 0 Å². The predicted octanol–water partition coefficient (Wildman–Crippen LogP) is 2.49. The van der Waals surface area contributed by atoms with Crippen LogP contribution in [0.4, 0.5) is 5.13 Å². The van der Waals surface area contributed by atoms with Gasteiger partial charge >= 0.3 is 0 Å². The third-order valence-electron chi connectivity index (χ3n) is 3.89. The van der Waals surface area contributed by atoms with E-state index in [1.54, 1.807) is 17.7 Å². The van der Waals surface area contributed by atoms with Crippen LogP contribution in [0.15, 0.2) is 30.6 Å². The smallest absolute Gasteiger partial charge is 0.186 e. The lowest BCUT2D eigenvalue weighted by atomic mass is 10.2. The molecule has 1 aromatic carbocycles. The van der Waals surface area contributed by atoms with Gasteiger partial charge in [-0.3, -0.25) is 0 Å². The first kappa shape index (κ1) is 13.7. The first-order valence-corrected chi connectivity index (χ1v) is 8.26. The van der Waals surface area contributed by atoms with Gasteiger partial charge in [0.15, 0.2) is 11.0 Å². The maximum absolute atomic E-state index is 5.90. The Morgan fingerprint density at radius 3 is 3.14 bits per heavy atom. The number of thiazole rings is 1. The summed E-state index contributed by atoms with van der Waals surface area (Å²) < 4.78 is 9.16. The SMILES string of the molecule is CCn1cnnc1[C@H]1CN(c2nc3ccccc3s2)CCO1. The van der Waals surface area contributed by atoms with Crippen LogP contribution in [-0.4, -0.2) is 39.4 Å². The molecule has 0 N–H and O–H groups in total. The second kappa shape index (κ2) is 5.66. The van der Waals surface area contributed by atoms with Crippen molar-refractivity contribution in [2.75, 3.05) is 24.6 Å². The summed E-state index contributed by atoms with van der Waals surface area (Å²) in [6, 6.07) is 8.25. The number of ether oxygens (including phenoxy) is 1. The quantitative estimate of drug-likeness (QED) is 0.743. The van der Waals surface area contributed by atoms with Crippen LogP contribution in [0.1, 0.15) is 18.9 Å². The molecule has 0 amide bonds. The molecule has 22 heavy (non-hydrogen) atoms. The molecule has 0 unspecified atom stereocenters. The fourth-order valence-corrected chi connectivity index (χ4v) is 3.73. The van der Waals surface area contributed by atoms with E-state index in [4.69, 9.17) is 9.72 Å². The minimum Gasteiger partial charge on any atom is -0.366 e. The maximum atomic E-state index is 5.90. The first-order valence-electron chi connectivity index (χ1n) is 7.45. The van der Waals surface area contributed by atoms with Gasteiger partial charge < -0.3 is 14.2 Å². The number of hydrogen-bond donors (Lipinski definition) is 0. The van der Waals surface area contributed by atoms with Crippen molar-refractivity contribution in [2.24, 2.45) is 0 Å². The lowest BCUT2D eigenvalue weighted by Crippen LogP contribution is -2.39. The zero-order chi connectivity index (χ0) is 14.9. The Balaban J connectivity index is 1.60. The average molecular weight is 315 g/mol. The highest BCUT2D eigenvalue weighted by atomic mass is 32.1. The number of morpholine rings is 1. The van der Waals surface area contributed by atoms with Crippen molar-refractivity contribution < 1.29 is 4.74 Å². The van der Waals surface area contributed by atoms with Crippen molar-refractivity contribution in [3.63, 3.8) is 0 Å². The van der Waals surface area contributed by atoms with Crippen LogP contribution in [-0.2, 0) is 11.3 Å². The van der Waals surface area contributed by atoms with Gasteiger partial charge in [-0.05, 0) is 19.1 Å². The summed E-state index contributed by atoms with van der Waals surface area (Å²) in [5.74, 6) is 0.897. The molecule has 1 atom stereocenters. The Morgan fingerprint density at radius 1 is 1.36 bits per heavy atom. The van der Waals surface area contributed by atoms with Crippen molar-refractivity contribution in [2.45, 2.75) is 19.6 Å². The monoisotopic (exact) mass is 315 g/mol. The molecule has 3 heterocycles. The summed E-state index contributed by atoms with van der Waals surface area (Å²) in [7, 11) is 0. The van der Waals surface area contributed by atoms with Crippen molar-refractivity contribution in [3.05, 3.63) is 36.4 Å². The number of anilines is 1. The molecule has 0 saturated carbocycles. The highest BCUT2D eigenvalue weighted by molar-refractivity contribution is 7.22. The van der Waals surface area contributed by atoms with E-state index >= 15 is 0 Å². The van der Waals surface area contributed by atoms with Crippen LogP contribution in [0.2, 0.25) is 0 Å². The molecule has 0 bridgehead atoms. The van der Waals surface area contributed by atoms with Gasteiger partial charge in [0.05, 0.1) is 23.4 Å². The molecule has 1 aliphatic heterocycles. The van der Waals surface area contributed by atoms with E-state index in [0.717, 1.165) is 36.1 Å². The van der Waals surface area contributed by atoms with Crippen LogP contribution in [0.25, 0.3) is 10.2 Å². The molecule has 0 aliphatic carbocycles. The van der Waals surface area contributed by atoms with E-state index in [9.17, 15) is 0 Å². The van der Waals surface area contributed by atoms with Crippen LogP contribution < -0.4 is 4.90 Å². The van der Waals surface area contributed by atoms with E-state index in [0.29, 0.717) is 6.61 Å². The molecule has 4 rings (SSSR count). The Hall–Kier alpha value is -1.99. The Labute approximate surface area is 132 Å². The third-order valence-corrected chi connectivity index (χ3v) is 4.99. The van der Waals surface area contributed by atoms with Gasteiger partial charge in [-0.1, -0.05) is 23.5 Å². The fraction of sp³-hybridized carbons (Fsp3) is 0.400. The van der Waals surface area contributed by atoms with Crippen LogP contribution in [0.3, 0.4) is 0 Å². The molecule has 1 saturated heterocycles. The van der Waals surface area contributed by atoms with Crippen molar-refractivity contribution in [1.82, 2.24) is 19.7 Å².